The smallest absolute Gasteiger partial charge is 0.410 e. The number of thiophene rings is 1. The van der Waals surface area contributed by atoms with E-state index in [0.29, 0.717) is 35.8 Å². The Labute approximate surface area is 134 Å². The van der Waals surface area contributed by atoms with Crippen molar-refractivity contribution in [1.29, 1.82) is 0 Å². The van der Waals surface area contributed by atoms with Gasteiger partial charge in [0.1, 0.15) is 5.60 Å². The first kappa shape index (κ1) is 16.3. The third-order valence-electron chi connectivity index (χ3n) is 3.36. The molecule has 0 N–H and O–H groups in total. The number of ketones is 1. The van der Waals surface area contributed by atoms with Gasteiger partial charge in [0, 0.05) is 19.0 Å². The maximum absolute atomic E-state index is 12.4. The van der Waals surface area contributed by atoms with Gasteiger partial charge in [0.05, 0.1) is 9.90 Å². The number of hydrogen-bond acceptors (Lipinski definition) is 4. The zero-order valence-corrected chi connectivity index (χ0v) is 14.1. The highest BCUT2D eigenvalue weighted by atomic mass is 35.5. The van der Waals surface area contributed by atoms with Gasteiger partial charge in [-0.1, -0.05) is 11.6 Å². The Kier molecular flexibility index (Phi) is 4.94. The lowest BCUT2D eigenvalue weighted by Crippen LogP contribution is -2.42. The van der Waals surface area contributed by atoms with Gasteiger partial charge >= 0.3 is 6.09 Å². The number of carbonyl (C=O) groups excluding carboxylic acids is 2. The predicted molar refractivity (Wildman–Crippen MR) is 84.2 cm³/mol. The molecule has 1 saturated heterocycles. The molecule has 0 saturated carbocycles. The first-order valence-electron chi connectivity index (χ1n) is 7.03. The number of ether oxygens (including phenoxy) is 1. The number of Topliss-reactive ketones (excluding diaryl/α,β-unsaturated/α-hetero) is 1. The van der Waals surface area contributed by atoms with E-state index >= 15 is 0 Å². The van der Waals surface area contributed by atoms with Crippen molar-refractivity contribution in [3.8, 4) is 0 Å². The van der Waals surface area contributed by atoms with Crippen LogP contribution in [0.5, 0.6) is 0 Å². The van der Waals surface area contributed by atoms with E-state index in [1.807, 2.05) is 26.2 Å². The van der Waals surface area contributed by atoms with E-state index in [1.165, 1.54) is 11.3 Å². The minimum Gasteiger partial charge on any atom is -0.444 e. The van der Waals surface area contributed by atoms with E-state index in [9.17, 15) is 9.59 Å². The minimum absolute atomic E-state index is 0.0557. The van der Waals surface area contributed by atoms with Gasteiger partial charge in [-0.3, -0.25) is 4.79 Å². The maximum atomic E-state index is 12.4. The van der Waals surface area contributed by atoms with Crippen LogP contribution in [-0.2, 0) is 4.74 Å². The summed E-state index contributed by atoms with van der Waals surface area (Å²) in [5, 5.41) is 2.35. The topological polar surface area (TPSA) is 46.6 Å². The molecule has 1 aromatic heterocycles. The Balaban J connectivity index is 1.90. The third-order valence-corrected chi connectivity index (χ3v) is 4.71. The lowest BCUT2D eigenvalue weighted by Gasteiger charge is -2.32. The highest BCUT2D eigenvalue weighted by Crippen LogP contribution is 2.29. The number of rotatable bonds is 2. The second-order valence-electron chi connectivity index (χ2n) is 6.20. The standard InChI is InChI=1S/C15H20ClNO3S/c1-15(2,3)20-14(19)17-7-4-10(5-8-17)12(18)13-11(16)6-9-21-13/h6,9-10H,4-5,7-8H2,1-3H3. The highest BCUT2D eigenvalue weighted by Gasteiger charge is 2.31. The van der Waals surface area contributed by atoms with Gasteiger partial charge in [0.15, 0.2) is 5.78 Å². The molecular weight excluding hydrogens is 310 g/mol. The van der Waals surface area contributed by atoms with E-state index in [4.69, 9.17) is 16.3 Å². The van der Waals surface area contributed by atoms with E-state index in [2.05, 4.69) is 0 Å². The van der Waals surface area contributed by atoms with Gasteiger partial charge in [0.2, 0.25) is 0 Å². The number of carbonyl (C=O) groups is 2. The number of hydrogen-bond donors (Lipinski definition) is 0. The summed E-state index contributed by atoms with van der Waals surface area (Å²) >= 11 is 7.39. The van der Waals surface area contributed by atoms with Crippen LogP contribution in [0.4, 0.5) is 4.79 Å². The second kappa shape index (κ2) is 6.36. The van der Waals surface area contributed by atoms with E-state index in [-0.39, 0.29) is 17.8 Å². The summed E-state index contributed by atoms with van der Waals surface area (Å²) < 4.78 is 5.35. The molecule has 2 rings (SSSR count). The predicted octanol–water partition coefficient (Wildman–Crippen LogP) is 4.23. The molecule has 0 aromatic carbocycles. The fraction of sp³-hybridized carbons (Fsp3) is 0.600. The second-order valence-corrected chi connectivity index (χ2v) is 7.53. The Morgan fingerprint density at radius 1 is 1.33 bits per heavy atom. The van der Waals surface area contributed by atoms with Crippen molar-refractivity contribution in [2.45, 2.75) is 39.2 Å². The molecule has 1 fully saturated rings. The van der Waals surface area contributed by atoms with E-state index in [0.717, 1.165) is 0 Å². The molecule has 0 aliphatic carbocycles. The van der Waals surface area contributed by atoms with Crippen LogP contribution in [0.2, 0.25) is 5.02 Å². The normalized spacial score (nSPS) is 16.9. The number of halogens is 1. The number of likely N-dealkylation sites (tertiary alicyclic amines) is 1. The average molecular weight is 330 g/mol. The van der Waals surface area contributed by atoms with Crippen molar-refractivity contribution >= 4 is 34.8 Å². The lowest BCUT2D eigenvalue weighted by molar-refractivity contribution is 0.0182. The summed E-state index contributed by atoms with van der Waals surface area (Å²) in [7, 11) is 0. The summed E-state index contributed by atoms with van der Waals surface area (Å²) in [5.41, 5.74) is -0.492. The molecule has 2 heterocycles. The first-order chi connectivity index (χ1) is 9.78. The Bertz CT molecular complexity index is 527. The van der Waals surface area contributed by atoms with Crippen molar-refractivity contribution in [2.75, 3.05) is 13.1 Å². The number of amides is 1. The fourth-order valence-corrected chi connectivity index (χ4v) is 3.47. The highest BCUT2D eigenvalue weighted by molar-refractivity contribution is 7.12. The molecule has 0 radical (unpaired) electrons. The van der Waals surface area contributed by atoms with Crippen LogP contribution in [0, 0.1) is 5.92 Å². The van der Waals surface area contributed by atoms with Crippen LogP contribution >= 0.6 is 22.9 Å². The molecule has 4 nitrogen and oxygen atoms in total. The van der Waals surface area contributed by atoms with Crippen LogP contribution in [0.3, 0.4) is 0 Å². The quantitative estimate of drug-likeness (QED) is 0.763. The average Bonchev–Trinajstić information content (AvgIpc) is 2.82. The molecule has 6 heteroatoms. The zero-order chi connectivity index (χ0) is 15.6. The van der Waals surface area contributed by atoms with Crippen LogP contribution in [0.25, 0.3) is 0 Å². The van der Waals surface area contributed by atoms with Gasteiger partial charge in [-0.15, -0.1) is 11.3 Å². The molecule has 1 amide bonds. The third kappa shape index (κ3) is 4.20. The monoisotopic (exact) mass is 329 g/mol. The van der Waals surface area contributed by atoms with Gasteiger partial charge < -0.3 is 9.64 Å². The fourth-order valence-electron chi connectivity index (χ4n) is 2.31. The van der Waals surface area contributed by atoms with Gasteiger partial charge in [-0.2, -0.15) is 0 Å². The molecule has 0 unspecified atom stereocenters. The lowest BCUT2D eigenvalue weighted by atomic mass is 9.92. The summed E-state index contributed by atoms with van der Waals surface area (Å²) in [6.07, 6.45) is 1.01. The SMILES string of the molecule is CC(C)(C)OC(=O)N1CCC(C(=O)c2sccc2Cl)CC1. The molecule has 21 heavy (non-hydrogen) atoms. The summed E-state index contributed by atoms with van der Waals surface area (Å²) in [4.78, 5) is 26.7. The number of piperidine rings is 1. The largest absolute Gasteiger partial charge is 0.444 e. The van der Waals surface area contributed by atoms with Crippen LogP contribution in [-0.4, -0.2) is 35.5 Å². The Hall–Kier alpha value is -1.07. The molecular formula is C15H20ClNO3S. The summed E-state index contributed by atoms with van der Waals surface area (Å²) in [6.45, 7) is 6.64. The van der Waals surface area contributed by atoms with E-state index < -0.39 is 5.60 Å². The molecule has 1 aromatic rings. The summed E-state index contributed by atoms with van der Waals surface area (Å²) in [5.74, 6) is 0.0404. The van der Waals surface area contributed by atoms with Crippen LogP contribution < -0.4 is 0 Å². The Morgan fingerprint density at radius 3 is 2.43 bits per heavy atom. The van der Waals surface area contributed by atoms with Crippen molar-refractivity contribution < 1.29 is 14.3 Å². The minimum atomic E-state index is -0.492. The number of nitrogens with zero attached hydrogens (tertiary/aromatic N) is 1. The van der Waals surface area contributed by atoms with Crippen molar-refractivity contribution in [1.82, 2.24) is 4.90 Å². The van der Waals surface area contributed by atoms with Crippen LogP contribution in [0.15, 0.2) is 11.4 Å². The molecule has 116 valence electrons. The Morgan fingerprint density at radius 2 is 1.95 bits per heavy atom. The molecule has 0 bridgehead atoms. The molecule has 0 atom stereocenters. The first-order valence-corrected chi connectivity index (χ1v) is 8.29. The summed E-state index contributed by atoms with van der Waals surface area (Å²) in [6, 6.07) is 1.75. The maximum Gasteiger partial charge on any atom is 0.410 e. The molecule has 1 aliphatic rings. The van der Waals surface area contributed by atoms with Crippen molar-refractivity contribution in [3.05, 3.63) is 21.3 Å². The van der Waals surface area contributed by atoms with Gasteiger partial charge in [-0.05, 0) is 45.1 Å². The molecule has 0 spiro atoms. The van der Waals surface area contributed by atoms with Gasteiger partial charge in [-0.25, -0.2) is 4.79 Å². The van der Waals surface area contributed by atoms with Crippen LogP contribution in [0.1, 0.15) is 43.3 Å². The zero-order valence-electron chi connectivity index (χ0n) is 12.5. The van der Waals surface area contributed by atoms with Gasteiger partial charge in [0.25, 0.3) is 0 Å². The van der Waals surface area contributed by atoms with Crippen molar-refractivity contribution in [3.63, 3.8) is 0 Å². The van der Waals surface area contributed by atoms with E-state index in [1.54, 1.807) is 11.0 Å². The molecule has 1 aliphatic heterocycles. The van der Waals surface area contributed by atoms with Crippen molar-refractivity contribution in [2.24, 2.45) is 5.92 Å².